The van der Waals surface area contributed by atoms with Gasteiger partial charge >= 0.3 is 11.9 Å². The Kier molecular flexibility index (Phi) is 12.7. The number of carbonyl (C=O) groups excluding carboxylic acids is 2. The molecule has 1 aliphatic rings. The zero-order valence-corrected chi connectivity index (χ0v) is 16.7. The van der Waals surface area contributed by atoms with Crippen LogP contribution in [0.4, 0.5) is 0 Å². The standard InChI is InChI=1S/C22H40O3/c1-3-5-6-7-8-9-10-11-12-13-14-15-17-19(16-4-2)20-18-21(23)25-22(20)24/h19-20H,3-18H2,1-2H3. The van der Waals surface area contributed by atoms with Crippen molar-refractivity contribution in [3.05, 3.63) is 0 Å². The van der Waals surface area contributed by atoms with Crippen LogP contribution in [0.1, 0.15) is 117 Å². The molecule has 1 saturated heterocycles. The highest BCUT2D eigenvalue weighted by Gasteiger charge is 2.38. The van der Waals surface area contributed by atoms with Crippen LogP contribution in [0.5, 0.6) is 0 Å². The molecule has 0 saturated carbocycles. The van der Waals surface area contributed by atoms with Crippen LogP contribution >= 0.6 is 0 Å². The number of esters is 2. The minimum absolute atomic E-state index is 0.167. The second-order valence-electron chi connectivity index (χ2n) is 7.83. The number of carbonyl (C=O) groups is 2. The molecule has 3 heteroatoms. The number of hydrogen-bond acceptors (Lipinski definition) is 3. The lowest BCUT2D eigenvalue weighted by atomic mass is 9.83. The number of cyclic esters (lactones) is 2. The van der Waals surface area contributed by atoms with Crippen LogP contribution in [0.15, 0.2) is 0 Å². The zero-order chi connectivity index (χ0) is 18.3. The van der Waals surface area contributed by atoms with Crippen LogP contribution in [0.3, 0.4) is 0 Å². The summed E-state index contributed by atoms with van der Waals surface area (Å²) < 4.78 is 4.74. The molecule has 0 spiro atoms. The van der Waals surface area contributed by atoms with E-state index < -0.39 is 0 Å². The van der Waals surface area contributed by atoms with Gasteiger partial charge in [-0.1, -0.05) is 97.3 Å². The lowest BCUT2D eigenvalue weighted by molar-refractivity contribution is -0.153. The van der Waals surface area contributed by atoms with Crippen LogP contribution in [-0.2, 0) is 14.3 Å². The maximum Gasteiger partial charge on any atom is 0.317 e. The van der Waals surface area contributed by atoms with Gasteiger partial charge in [-0.2, -0.15) is 0 Å². The molecular formula is C22H40O3. The van der Waals surface area contributed by atoms with Gasteiger partial charge in [0.2, 0.25) is 0 Å². The summed E-state index contributed by atoms with van der Waals surface area (Å²) in [4.78, 5) is 23.1. The third-order valence-electron chi connectivity index (χ3n) is 5.56. The van der Waals surface area contributed by atoms with E-state index in [2.05, 4.69) is 13.8 Å². The largest absolute Gasteiger partial charge is 0.393 e. The molecule has 0 radical (unpaired) electrons. The second-order valence-corrected chi connectivity index (χ2v) is 7.83. The fraction of sp³-hybridized carbons (Fsp3) is 0.909. The van der Waals surface area contributed by atoms with Crippen molar-refractivity contribution >= 4 is 11.9 Å². The molecule has 1 aliphatic heterocycles. The molecule has 1 fully saturated rings. The molecule has 2 unspecified atom stereocenters. The van der Waals surface area contributed by atoms with Crippen molar-refractivity contribution in [2.75, 3.05) is 0 Å². The van der Waals surface area contributed by atoms with Crippen molar-refractivity contribution in [3.8, 4) is 0 Å². The number of hydrogen-bond donors (Lipinski definition) is 0. The molecule has 1 heterocycles. The Hall–Kier alpha value is -0.860. The topological polar surface area (TPSA) is 43.4 Å². The van der Waals surface area contributed by atoms with Gasteiger partial charge in [0, 0.05) is 0 Å². The Morgan fingerprint density at radius 3 is 1.72 bits per heavy atom. The van der Waals surface area contributed by atoms with E-state index in [4.69, 9.17) is 4.74 Å². The van der Waals surface area contributed by atoms with E-state index in [0.29, 0.717) is 12.3 Å². The first kappa shape index (κ1) is 22.2. The average Bonchev–Trinajstić information content (AvgIpc) is 2.93. The Morgan fingerprint density at radius 2 is 1.28 bits per heavy atom. The highest BCUT2D eigenvalue weighted by atomic mass is 16.6. The molecule has 0 N–H and O–H groups in total. The van der Waals surface area contributed by atoms with Gasteiger partial charge in [-0.05, 0) is 18.8 Å². The zero-order valence-electron chi connectivity index (χ0n) is 16.7. The summed E-state index contributed by atoms with van der Waals surface area (Å²) >= 11 is 0. The molecule has 1 rings (SSSR count). The molecule has 3 nitrogen and oxygen atoms in total. The van der Waals surface area contributed by atoms with Crippen LogP contribution < -0.4 is 0 Å². The summed E-state index contributed by atoms with van der Waals surface area (Å²) in [6.45, 7) is 4.42. The molecule has 146 valence electrons. The van der Waals surface area contributed by atoms with E-state index >= 15 is 0 Å². The maximum atomic E-state index is 11.8. The monoisotopic (exact) mass is 352 g/mol. The Bertz CT molecular complexity index is 364. The van der Waals surface area contributed by atoms with Crippen molar-refractivity contribution in [2.45, 2.75) is 117 Å². The number of ether oxygens (including phenoxy) is 1. The maximum absolute atomic E-state index is 11.8. The van der Waals surface area contributed by atoms with Crippen LogP contribution in [-0.4, -0.2) is 11.9 Å². The summed E-state index contributed by atoms with van der Waals surface area (Å²) in [5.41, 5.74) is 0. The van der Waals surface area contributed by atoms with Crippen LogP contribution in [0.25, 0.3) is 0 Å². The summed E-state index contributed by atoms with van der Waals surface area (Å²) in [5.74, 6) is -0.430. The first-order valence-corrected chi connectivity index (χ1v) is 10.9. The third kappa shape index (κ3) is 10.0. The van der Waals surface area contributed by atoms with Crippen molar-refractivity contribution in [1.29, 1.82) is 0 Å². The van der Waals surface area contributed by atoms with E-state index in [1.807, 2.05) is 0 Å². The van der Waals surface area contributed by atoms with Crippen LogP contribution in [0, 0.1) is 11.8 Å². The second kappa shape index (κ2) is 14.3. The summed E-state index contributed by atoms with van der Waals surface area (Å²) in [6.07, 6.45) is 19.7. The lowest BCUT2D eigenvalue weighted by Gasteiger charge is -2.19. The highest BCUT2D eigenvalue weighted by Crippen LogP contribution is 2.31. The van der Waals surface area contributed by atoms with Crippen molar-refractivity contribution in [3.63, 3.8) is 0 Å². The molecule has 0 aromatic rings. The first-order chi connectivity index (χ1) is 12.2. The van der Waals surface area contributed by atoms with E-state index in [-0.39, 0.29) is 17.9 Å². The molecule has 2 atom stereocenters. The van der Waals surface area contributed by atoms with E-state index in [1.165, 1.54) is 77.0 Å². The molecule has 0 bridgehead atoms. The first-order valence-electron chi connectivity index (χ1n) is 10.9. The normalized spacial score (nSPS) is 18.6. The van der Waals surface area contributed by atoms with Gasteiger partial charge in [0.05, 0.1) is 12.3 Å². The quantitative estimate of drug-likeness (QED) is 0.179. The smallest absolute Gasteiger partial charge is 0.317 e. The Balaban J connectivity index is 2.00. The number of rotatable bonds is 16. The predicted molar refractivity (Wildman–Crippen MR) is 103 cm³/mol. The SMILES string of the molecule is CCCCCCCCCCCCCCC(CCC)C1CC(=O)OC1=O. The fourth-order valence-electron chi connectivity index (χ4n) is 4.02. The van der Waals surface area contributed by atoms with Gasteiger partial charge in [0.1, 0.15) is 0 Å². The number of unbranched alkanes of at least 4 members (excludes halogenated alkanes) is 11. The average molecular weight is 353 g/mol. The van der Waals surface area contributed by atoms with Crippen molar-refractivity contribution < 1.29 is 14.3 Å². The van der Waals surface area contributed by atoms with Gasteiger partial charge in [0.25, 0.3) is 0 Å². The van der Waals surface area contributed by atoms with Crippen molar-refractivity contribution in [2.24, 2.45) is 11.8 Å². The van der Waals surface area contributed by atoms with Gasteiger partial charge in [0.15, 0.2) is 0 Å². The van der Waals surface area contributed by atoms with E-state index in [1.54, 1.807) is 0 Å². The van der Waals surface area contributed by atoms with E-state index in [9.17, 15) is 9.59 Å². The van der Waals surface area contributed by atoms with Crippen LogP contribution in [0.2, 0.25) is 0 Å². The minimum Gasteiger partial charge on any atom is -0.393 e. The predicted octanol–water partition coefficient (Wildman–Crippen LogP) is 6.58. The Labute approximate surface area is 155 Å². The fourth-order valence-corrected chi connectivity index (χ4v) is 4.02. The van der Waals surface area contributed by atoms with Gasteiger partial charge in [-0.3, -0.25) is 9.59 Å². The van der Waals surface area contributed by atoms with Crippen molar-refractivity contribution in [1.82, 2.24) is 0 Å². The van der Waals surface area contributed by atoms with E-state index in [0.717, 1.165) is 19.3 Å². The molecule has 0 amide bonds. The molecule has 0 aliphatic carbocycles. The van der Waals surface area contributed by atoms with Gasteiger partial charge in [-0.15, -0.1) is 0 Å². The summed E-state index contributed by atoms with van der Waals surface area (Å²) in [6, 6.07) is 0. The molecule has 25 heavy (non-hydrogen) atoms. The third-order valence-corrected chi connectivity index (χ3v) is 5.56. The summed E-state index contributed by atoms with van der Waals surface area (Å²) in [7, 11) is 0. The van der Waals surface area contributed by atoms with Gasteiger partial charge < -0.3 is 4.74 Å². The Morgan fingerprint density at radius 1 is 0.760 bits per heavy atom. The summed E-state index contributed by atoms with van der Waals surface area (Å²) in [5, 5.41) is 0. The molecular weight excluding hydrogens is 312 g/mol. The molecule has 0 aromatic heterocycles. The minimum atomic E-state index is -0.328. The lowest BCUT2D eigenvalue weighted by Crippen LogP contribution is -2.19. The van der Waals surface area contributed by atoms with Gasteiger partial charge in [-0.25, -0.2) is 0 Å². The highest BCUT2D eigenvalue weighted by molar-refractivity contribution is 5.94. The molecule has 0 aromatic carbocycles.